The molecule has 0 saturated carbocycles. The molecule has 2 rings (SSSR count). The Morgan fingerprint density at radius 3 is 2.56 bits per heavy atom. The van der Waals surface area contributed by atoms with E-state index in [1.807, 2.05) is 13.0 Å². The monoisotopic (exact) mass is 347 g/mol. The quantitative estimate of drug-likeness (QED) is 0.615. The molecule has 0 spiro atoms. The molecule has 1 aromatic rings. The molecule has 0 aliphatic carbocycles. The molecule has 1 aromatic carbocycles. The summed E-state index contributed by atoms with van der Waals surface area (Å²) in [6, 6.07) is 6.51. The summed E-state index contributed by atoms with van der Waals surface area (Å²) in [6.07, 6.45) is -1.07. The summed E-state index contributed by atoms with van der Waals surface area (Å²) in [4.78, 5) is 48.6. The van der Waals surface area contributed by atoms with E-state index in [0.29, 0.717) is 5.69 Å². The Hall–Kier alpha value is -2.90. The normalized spacial score (nSPS) is 17.0. The van der Waals surface area contributed by atoms with E-state index < -0.39 is 42.0 Å². The van der Waals surface area contributed by atoms with Crippen molar-refractivity contribution in [2.24, 2.45) is 0 Å². The van der Waals surface area contributed by atoms with Gasteiger partial charge in [0, 0.05) is 5.69 Å². The fourth-order valence-corrected chi connectivity index (χ4v) is 2.35. The first-order valence-corrected chi connectivity index (χ1v) is 7.81. The Labute approximate surface area is 145 Å². The maximum atomic E-state index is 12.1. The predicted octanol–water partition coefficient (Wildman–Crippen LogP) is 1.20. The number of benzene rings is 1. The highest BCUT2D eigenvalue weighted by Gasteiger charge is 2.45. The van der Waals surface area contributed by atoms with Gasteiger partial charge in [-0.3, -0.25) is 19.3 Å². The van der Waals surface area contributed by atoms with E-state index >= 15 is 0 Å². The number of rotatable bonds is 5. The second-order valence-corrected chi connectivity index (χ2v) is 6.44. The van der Waals surface area contributed by atoms with Gasteiger partial charge in [-0.15, -0.1) is 0 Å². The van der Waals surface area contributed by atoms with Crippen LogP contribution in [0, 0.1) is 6.92 Å². The fourth-order valence-electron chi connectivity index (χ4n) is 2.35. The van der Waals surface area contributed by atoms with Crippen LogP contribution in [0.1, 0.15) is 26.3 Å². The van der Waals surface area contributed by atoms with E-state index in [4.69, 9.17) is 4.74 Å². The lowest BCUT2D eigenvalue weighted by atomic mass is 10.1. The maximum absolute atomic E-state index is 12.1. The lowest BCUT2D eigenvalue weighted by Gasteiger charge is -2.17. The number of nitrogens with zero attached hydrogens (tertiary/aromatic N) is 1. The molecule has 8 heteroatoms. The SMILES string of the molecule is Cc1cccc(NC(=O)[C@@H](C)OC(=O)CN2C(=O)NC(C)(C)C2=O)c1. The number of hydrogen-bond donors (Lipinski definition) is 2. The number of amides is 4. The van der Waals surface area contributed by atoms with Crippen LogP contribution in [0.4, 0.5) is 10.5 Å². The Kier molecular flexibility index (Phi) is 5.10. The molecule has 25 heavy (non-hydrogen) atoms. The van der Waals surface area contributed by atoms with Crippen molar-refractivity contribution in [2.45, 2.75) is 39.3 Å². The van der Waals surface area contributed by atoms with Gasteiger partial charge in [0.05, 0.1) is 0 Å². The number of hydrogen-bond acceptors (Lipinski definition) is 5. The summed E-state index contributed by atoms with van der Waals surface area (Å²) >= 11 is 0. The fraction of sp³-hybridized carbons (Fsp3) is 0.412. The van der Waals surface area contributed by atoms with Crippen LogP contribution in [0.25, 0.3) is 0 Å². The summed E-state index contributed by atoms with van der Waals surface area (Å²) in [5.74, 6) is -1.86. The van der Waals surface area contributed by atoms with Gasteiger partial charge >= 0.3 is 12.0 Å². The summed E-state index contributed by atoms with van der Waals surface area (Å²) in [5.41, 5.74) is 0.498. The lowest BCUT2D eigenvalue weighted by Crippen LogP contribution is -2.42. The van der Waals surface area contributed by atoms with Crippen molar-refractivity contribution < 1.29 is 23.9 Å². The van der Waals surface area contributed by atoms with Crippen molar-refractivity contribution in [3.8, 4) is 0 Å². The molecule has 4 amide bonds. The average molecular weight is 347 g/mol. The Balaban J connectivity index is 1.90. The number of ether oxygens (including phenoxy) is 1. The third-order valence-corrected chi connectivity index (χ3v) is 3.69. The van der Waals surface area contributed by atoms with Crippen LogP contribution in [0.3, 0.4) is 0 Å². The lowest BCUT2D eigenvalue weighted by molar-refractivity contribution is -0.155. The first-order valence-electron chi connectivity index (χ1n) is 7.81. The molecule has 1 heterocycles. The number of carbonyl (C=O) groups is 4. The van der Waals surface area contributed by atoms with Gasteiger partial charge in [0.1, 0.15) is 12.1 Å². The summed E-state index contributed by atoms with van der Waals surface area (Å²) in [5, 5.41) is 5.10. The number of imide groups is 1. The molecule has 2 N–H and O–H groups in total. The summed E-state index contributed by atoms with van der Waals surface area (Å²) < 4.78 is 5.02. The van der Waals surface area contributed by atoms with Gasteiger partial charge in [-0.25, -0.2) is 4.79 Å². The predicted molar refractivity (Wildman–Crippen MR) is 89.7 cm³/mol. The minimum absolute atomic E-state index is 0.503. The molecule has 134 valence electrons. The number of anilines is 1. The van der Waals surface area contributed by atoms with E-state index in [1.54, 1.807) is 18.2 Å². The van der Waals surface area contributed by atoms with E-state index in [2.05, 4.69) is 10.6 Å². The Morgan fingerprint density at radius 2 is 2.00 bits per heavy atom. The number of esters is 1. The molecule has 1 aliphatic rings. The van der Waals surface area contributed by atoms with E-state index in [1.165, 1.54) is 20.8 Å². The highest BCUT2D eigenvalue weighted by Crippen LogP contribution is 2.16. The van der Waals surface area contributed by atoms with Crippen molar-refractivity contribution in [3.63, 3.8) is 0 Å². The van der Waals surface area contributed by atoms with Crippen molar-refractivity contribution >= 4 is 29.5 Å². The summed E-state index contributed by atoms with van der Waals surface area (Å²) in [6.45, 7) is 5.83. The molecule has 0 unspecified atom stereocenters. The van der Waals surface area contributed by atoms with Crippen LogP contribution in [0.2, 0.25) is 0 Å². The van der Waals surface area contributed by atoms with Crippen molar-refractivity contribution in [2.75, 3.05) is 11.9 Å². The second-order valence-electron chi connectivity index (χ2n) is 6.44. The van der Waals surface area contributed by atoms with Crippen LogP contribution in [-0.4, -0.2) is 46.9 Å². The Morgan fingerprint density at radius 1 is 1.32 bits per heavy atom. The molecule has 0 bridgehead atoms. The molecule has 1 atom stereocenters. The van der Waals surface area contributed by atoms with Crippen LogP contribution < -0.4 is 10.6 Å². The highest BCUT2D eigenvalue weighted by atomic mass is 16.5. The van der Waals surface area contributed by atoms with Gasteiger partial charge in [0.15, 0.2) is 6.10 Å². The molecule has 8 nitrogen and oxygen atoms in total. The van der Waals surface area contributed by atoms with Crippen LogP contribution in [-0.2, 0) is 19.1 Å². The van der Waals surface area contributed by atoms with E-state index in [-0.39, 0.29) is 0 Å². The number of nitrogens with one attached hydrogen (secondary N) is 2. The molecule has 1 aliphatic heterocycles. The third kappa shape index (κ3) is 4.34. The highest BCUT2D eigenvalue weighted by molar-refractivity contribution is 6.08. The minimum atomic E-state index is -1.07. The molecule has 1 fully saturated rings. The standard InChI is InChI=1S/C17H21N3O5/c1-10-6-5-7-12(8-10)18-14(22)11(2)25-13(21)9-20-15(23)17(3,4)19-16(20)24/h5-8,11H,9H2,1-4H3,(H,18,22)(H,19,24)/t11-/m1/s1. The third-order valence-electron chi connectivity index (χ3n) is 3.69. The first kappa shape index (κ1) is 18.4. The van der Waals surface area contributed by atoms with Gasteiger partial charge < -0.3 is 15.4 Å². The van der Waals surface area contributed by atoms with Gasteiger partial charge in [-0.05, 0) is 45.4 Å². The molecular weight excluding hydrogens is 326 g/mol. The van der Waals surface area contributed by atoms with Gasteiger partial charge in [0.2, 0.25) is 0 Å². The molecule has 0 aromatic heterocycles. The maximum Gasteiger partial charge on any atom is 0.327 e. The smallest absolute Gasteiger partial charge is 0.327 e. The number of carbonyl (C=O) groups excluding carboxylic acids is 4. The average Bonchev–Trinajstić information content (AvgIpc) is 2.69. The van der Waals surface area contributed by atoms with Gasteiger partial charge in [0.25, 0.3) is 11.8 Å². The second kappa shape index (κ2) is 6.92. The first-order chi connectivity index (χ1) is 11.6. The zero-order chi connectivity index (χ0) is 18.8. The zero-order valence-electron chi connectivity index (χ0n) is 14.6. The van der Waals surface area contributed by atoms with Crippen LogP contribution in [0.5, 0.6) is 0 Å². The van der Waals surface area contributed by atoms with Crippen molar-refractivity contribution in [3.05, 3.63) is 29.8 Å². The minimum Gasteiger partial charge on any atom is -0.451 e. The van der Waals surface area contributed by atoms with Crippen LogP contribution >= 0.6 is 0 Å². The van der Waals surface area contributed by atoms with E-state index in [0.717, 1.165) is 10.5 Å². The number of urea groups is 1. The van der Waals surface area contributed by atoms with Gasteiger partial charge in [-0.2, -0.15) is 0 Å². The molecular formula is C17H21N3O5. The Bertz CT molecular complexity index is 729. The van der Waals surface area contributed by atoms with E-state index in [9.17, 15) is 19.2 Å². The van der Waals surface area contributed by atoms with Crippen LogP contribution in [0.15, 0.2) is 24.3 Å². The largest absolute Gasteiger partial charge is 0.451 e. The molecule has 1 saturated heterocycles. The van der Waals surface area contributed by atoms with Gasteiger partial charge in [-0.1, -0.05) is 12.1 Å². The van der Waals surface area contributed by atoms with Crippen molar-refractivity contribution in [1.29, 1.82) is 0 Å². The van der Waals surface area contributed by atoms with Crippen molar-refractivity contribution in [1.82, 2.24) is 10.2 Å². The zero-order valence-corrected chi connectivity index (χ0v) is 14.6. The number of aryl methyl sites for hydroxylation is 1. The molecule has 0 radical (unpaired) electrons. The topological polar surface area (TPSA) is 105 Å². The summed E-state index contributed by atoms with van der Waals surface area (Å²) in [7, 11) is 0.